The summed E-state index contributed by atoms with van der Waals surface area (Å²) in [5.41, 5.74) is 11.7. The van der Waals surface area contributed by atoms with Crippen molar-refractivity contribution < 1.29 is 19.5 Å². The van der Waals surface area contributed by atoms with Crippen LogP contribution in [0.25, 0.3) is 0 Å². The first-order valence-electron chi connectivity index (χ1n) is 9.54. The average molecular weight is 514 g/mol. The van der Waals surface area contributed by atoms with Crippen LogP contribution in [0.1, 0.15) is 5.56 Å². The molecule has 1 aromatic rings. The van der Waals surface area contributed by atoms with Crippen molar-refractivity contribution in [2.75, 3.05) is 23.8 Å². The number of carboxylic acids is 1. The molecule has 172 valence electrons. The van der Waals surface area contributed by atoms with Crippen LogP contribution in [0.5, 0.6) is 0 Å². The van der Waals surface area contributed by atoms with Crippen molar-refractivity contribution in [3.8, 4) is 0 Å². The zero-order chi connectivity index (χ0) is 23.3. The van der Waals surface area contributed by atoms with Gasteiger partial charge in [0, 0.05) is 33.6 Å². The topological polar surface area (TPSA) is 163 Å². The molecule has 0 aromatic heterocycles. The van der Waals surface area contributed by atoms with E-state index in [1.54, 1.807) is 0 Å². The number of hydrogen-bond acceptors (Lipinski definition) is 9. The van der Waals surface area contributed by atoms with E-state index in [0.29, 0.717) is 28.7 Å². The highest BCUT2D eigenvalue weighted by Crippen LogP contribution is 2.45. The van der Waals surface area contributed by atoms with E-state index in [4.69, 9.17) is 16.9 Å². The van der Waals surface area contributed by atoms with Gasteiger partial charge in [0.2, 0.25) is 5.91 Å². The van der Waals surface area contributed by atoms with Crippen LogP contribution in [0.3, 0.4) is 0 Å². The second kappa shape index (κ2) is 11.4. The van der Waals surface area contributed by atoms with Gasteiger partial charge in [-0.1, -0.05) is 41.7 Å². The Morgan fingerprint density at radius 2 is 2.09 bits per heavy atom. The number of amidine groups is 1. The third-order valence-corrected chi connectivity index (χ3v) is 8.96. The number of carboxylic acid groups (broad SMARTS) is 1. The number of amides is 2. The molecule has 1 aromatic carbocycles. The van der Waals surface area contributed by atoms with E-state index in [1.807, 2.05) is 24.3 Å². The molecule has 0 aliphatic carbocycles. The number of thioether (sulfide) groups is 4. The predicted molar refractivity (Wildman–Crippen MR) is 132 cm³/mol. The average Bonchev–Trinajstić information content (AvgIpc) is 2.76. The van der Waals surface area contributed by atoms with Crippen molar-refractivity contribution in [3.05, 3.63) is 40.4 Å². The predicted octanol–water partition coefficient (Wildman–Crippen LogP) is 1.29. The molecule has 0 spiro atoms. The van der Waals surface area contributed by atoms with Crippen LogP contribution in [0.15, 0.2) is 39.8 Å². The molecule has 0 saturated carbocycles. The van der Waals surface area contributed by atoms with Crippen molar-refractivity contribution in [2.45, 2.75) is 22.1 Å². The number of carbonyl (C=O) groups is 3. The first kappa shape index (κ1) is 24.8. The molecule has 9 nitrogen and oxygen atoms in total. The summed E-state index contributed by atoms with van der Waals surface area (Å²) < 4.78 is 0. The highest BCUT2D eigenvalue weighted by atomic mass is 32.2. The van der Waals surface area contributed by atoms with Crippen molar-refractivity contribution in [1.82, 2.24) is 10.2 Å². The number of rotatable bonds is 10. The molecule has 3 rings (SSSR count). The summed E-state index contributed by atoms with van der Waals surface area (Å²) in [7, 11) is 0. The van der Waals surface area contributed by atoms with Crippen LogP contribution in [-0.2, 0) is 20.1 Å². The van der Waals surface area contributed by atoms with E-state index in [-0.39, 0.29) is 22.5 Å². The van der Waals surface area contributed by atoms with Crippen molar-refractivity contribution in [1.29, 1.82) is 5.41 Å². The third kappa shape index (κ3) is 5.76. The molecule has 1 saturated heterocycles. The second-order valence-electron chi connectivity index (χ2n) is 6.74. The first-order valence-corrected chi connectivity index (χ1v) is 13.5. The number of nitrogens with two attached hydrogens (primary N) is 2. The molecule has 32 heavy (non-hydrogen) atoms. The molecular weight excluding hydrogens is 491 g/mol. The van der Waals surface area contributed by atoms with Gasteiger partial charge in [0.15, 0.2) is 5.17 Å². The molecule has 7 N–H and O–H groups in total. The van der Waals surface area contributed by atoms with Gasteiger partial charge in [-0.2, -0.15) is 11.8 Å². The Bertz CT molecular complexity index is 957. The molecule has 2 aliphatic rings. The summed E-state index contributed by atoms with van der Waals surface area (Å²) >= 11 is 5.31. The number of nitrogens with zero attached hydrogens (tertiary/aromatic N) is 1. The van der Waals surface area contributed by atoms with Crippen LogP contribution in [0, 0.1) is 5.41 Å². The van der Waals surface area contributed by atoms with Crippen LogP contribution >= 0.6 is 47.0 Å². The zero-order valence-corrected chi connectivity index (χ0v) is 20.2. The summed E-state index contributed by atoms with van der Waals surface area (Å²) in [5.74, 6) is -0.113. The Morgan fingerprint density at radius 3 is 2.78 bits per heavy atom. The maximum absolute atomic E-state index is 12.7. The Morgan fingerprint density at radius 1 is 1.34 bits per heavy atom. The minimum Gasteiger partial charge on any atom is -0.477 e. The molecule has 0 bridgehead atoms. The van der Waals surface area contributed by atoms with Gasteiger partial charge >= 0.3 is 5.97 Å². The highest BCUT2D eigenvalue weighted by Gasteiger charge is 2.54. The molecule has 2 heterocycles. The van der Waals surface area contributed by atoms with Crippen LogP contribution in [0.2, 0.25) is 0 Å². The van der Waals surface area contributed by atoms with E-state index >= 15 is 0 Å². The maximum atomic E-state index is 12.7. The van der Waals surface area contributed by atoms with Gasteiger partial charge in [0.25, 0.3) is 5.91 Å². The molecule has 1 fully saturated rings. The van der Waals surface area contributed by atoms with Gasteiger partial charge in [0.1, 0.15) is 17.1 Å². The van der Waals surface area contributed by atoms with Gasteiger partial charge in [0.05, 0.1) is 5.75 Å². The van der Waals surface area contributed by atoms with Crippen LogP contribution in [0.4, 0.5) is 0 Å². The first-order chi connectivity index (χ1) is 15.3. The summed E-state index contributed by atoms with van der Waals surface area (Å²) in [6.45, 7) is 0.469. The van der Waals surface area contributed by atoms with Crippen molar-refractivity contribution >= 4 is 70.0 Å². The molecule has 13 heteroatoms. The maximum Gasteiger partial charge on any atom is 0.353 e. The summed E-state index contributed by atoms with van der Waals surface area (Å²) in [5, 5.41) is 19.6. The Labute approximate surface area is 202 Å². The largest absolute Gasteiger partial charge is 0.477 e. The van der Waals surface area contributed by atoms with Gasteiger partial charge in [-0.3, -0.25) is 19.9 Å². The zero-order valence-electron chi connectivity index (χ0n) is 16.9. The number of carbonyl (C=O) groups excluding carboxylic acids is 2. The van der Waals surface area contributed by atoms with Gasteiger partial charge < -0.3 is 21.9 Å². The van der Waals surface area contributed by atoms with E-state index in [0.717, 1.165) is 10.5 Å². The fourth-order valence-electron chi connectivity index (χ4n) is 3.14. The van der Waals surface area contributed by atoms with Crippen molar-refractivity contribution in [2.24, 2.45) is 11.5 Å². The number of nitrogens with one attached hydrogen (secondary N) is 2. The molecule has 2 amide bonds. The number of benzene rings is 1. The third-order valence-electron chi connectivity index (χ3n) is 4.54. The standard InChI is InChI=1S/C19H23N5O4S4/c20-5-6-29-9-13(25)23-14-16(26)24-15(18(27)28)12(8-30-17(14)24)32-11-4-2-1-3-10(11)7-31-19(21)22/h1-4,14,17H,5-9,20H2,(H3,21,22)(H,23,25)(H,27,28)/t14-,17-/m1/s1. The number of β-lactam (4-membered cyclic amide) rings is 1. The van der Waals surface area contributed by atoms with E-state index in [1.165, 1.54) is 51.9 Å². The Kier molecular flexibility index (Phi) is 8.82. The smallest absolute Gasteiger partial charge is 0.353 e. The molecule has 2 aliphatic heterocycles. The lowest BCUT2D eigenvalue weighted by molar-refractivity contribution is -0.150. The fourth-order valence-corrected chi connectivity index (χ4v) is 6.98. The van der Waals surface area contributed by atoms with Crippen LogP contribution in [-0.4, -0.2) is 68.2 Å². The number of aliphatic carboxylic acids is 1. The number of hydrogen-bond donors (Lipinski definition) is 5. The minimum absolute atomic E-state index is 0.00648. The quantitative estimate of drug-likeness (QED) is 0.133. The second-order valence-corrected chi connectivity index (χ2v) is 11.1. The molecule has 2 atom stereocenters. The van der Waals surface area contributed by atoms with Gasteiger partial charge in [-0.05, 0) is 11.6 Å². The molecule has 0 unspecified atom stereocenters. The summed E-state index contributed by atoms with van der Waals surface area (Å²) in [6.07, 6.45) is 0. The monoisotopic (exact) mass is 513 g/mol. The summed E-state index contributed by atoms with van der Waals surface area (Å²) in [6, 6.07) is 6.78. The summed E-state index contributed by atoms with van der Waals surface area (Å²) in [4.78, 5) is 39.6. The van der Waals surface area contributed by atoms with Crippen LogP contribution < -0.4 is 16.8 Å². The Balaban J connectivity index is 1.75. The van der Waals surface area contributed by atoms with Gasteiger partial charge in [-0.25, -0.2) is 4.79 Å². The lowest BCUT2D eigenvalue weighted by Gasteiger charge is -2.49. The normalized spacial score (nSPS) is 19.9. The highest BCUT2D eigenvalue weighted by molar-refractivity contribution is 8.13. The number of fused-ring (bicyclic) bond motifs is 1. The van der Waals surface area contributed by atoms with Crippen molar-refractivity contribution in [3.63, 3.8) is 0 Å². The lowest BCUT2D eigenvalue weighted by Crippen LogP contribution is -2.70. The van der Waals surface area contributed by atoms with E-state index in [2.05, 4.69) is 5.32 Å². The fraction of sp³-hybridized carbons (Fsp3) is 0.368. The molecular formula is C19H23N5O4S4. The Hall–Kier alpha value is -1.80. The molecule has 0 radical (unpaired) electrons. The SMILES string of the molecule is N=C(N)SCc1ccccc1SC1=C(C(=O)O)N2C(=O)[C@@H](NC(=O)CSCCN)[C@H]2SC1. The minimum atomic E-state index is -1.18. The van der Waals surface area contributed by atoms with E-state index in [9.17, 15) is 19.5 Å². The van der Waals surface area contributed by atoms with E-state index < -0.39 is 23.3 Å². The van der Waals surface area contributed by atoms with Gasteiger partial charge in [-0.15, -0.1) is 11.8 Å². The lowest BCUT2D eigenvalue weighted by atomic mass is 10.1.